The average molecular weight is 350 g/mol. The number of aryl methyl sites for hydroxylation is 2. The largest absolute Gasteiger partial charge is 0.395 e. The topological polar surface area (TPSA) is 53.7 Å². The summed E-state index contributed by atoms with van der Waals surface area (Å²) >= 11 is 0. The van der Waals surface area contributed by atoms with E-state index in [9.17, 15) is 5.11 Å². The van der Waals surface area contributed by atoms with Gasteiger partial charge in [0, 0.05) is 29.9 Å². The molecule has 1 saturated heterocycles. The standard InChI is InChI=1S/C21H26N4O/c1-16-11-17(2)25-19(12-22-20(25)23-16)13-24-10-6-9-21(14-24,15-26)18-7-4-3-5-8-18/h3-5,7-8,11-12,26H,6,9-10,13-15H2,1-2H3. The van der Waals surface area contributed by atoms with Crippen LogP contribution in [0.25, 0.3) is 5.78 Å². The molecule has 0 radical (unpaired) electrons. The van der Waals surface area contributed by atoms with E-state index in [2.05, 4.69) is 56.5 Å². The van der Waals surface area contributed by atoms with Crippen LogP contribution in [0.3, 0.4) is 0 Å². The lowest BCUT2D eigenvalue weighted by Crippen LogP contribution is -2.48. The van der Waals surface area contributed by atoms with Crippen molar-refractivity contribution in [3.63, 3.8) is 0 Å². The molecule has 4 rings (SSSR count). The van der Waals surface area contributed by atoms with Gasteiger partial charge in [0.15, 0.2) is 0 Å². The van der Waals surface area contributed by atoms with E-state index in [1.807, 2.05) is 19.2 Å². The van der Waals surface area contributed by atoms with Crippen molar-refractivity contribution in [3.05, 3.63) is 65.2 Å². The van der Waals surface area contributed by atoms with Crippen molar-refractivity contribution in [2.75, 3.05) is 19.7 Å². The molecule has 1 atom stereocenters. The van der Waals surface area contributed by atoms with E-state index in [1.54, 1.807) is 0 Å². The lowest BCUT2D eigenvalue weighted by molar-refractivity contribution is 0.0841. The van der Waals surface area contributed by atoms with E-state index in [4.69, 9.17) is 0 Å². The Bertz CT molecular complexity index is 905. The molecule has 0 bridgehead atoms. The van der Waals surface area contributed by atoms with E-state index >= 15 is 0 Å². The molecule has 0 amide bonds. The van der Waals surface area contributed by atoms with Crippen molar-refractivity contribution < 1.29 is 5.11 Å². The second kappa shape index (κ2) is 6.82. The quantitative estimate of drug-likeness (QED) is 0.786. The van der Waals surface area contributed by atoms with Gasteiger partial charge in [-0.25, -0.2) is 9.97 Å². The highest BCUT2D eigenvalue weighted by molar-refractivity contribution is 5.35. The number of nitrogens with zero attached hydrogens (tertiary/aromatic N) is 4. The summed E-state index contributed by atoms with van der Waals surface area (Å²) in [5.74, 6) is 0.769. The number of aromatic nitrogens is 3. The van der Waals surface area contributed by atoms with Gasteiger partial charge in [-0.2, -0.15) is 0 Å². The number of fused-ring (bicyclic) bond motifs is 1. The Labute approximate surface area is 154 Å². The normalized spacial score (nSPS) is 21.3. The van der Waals surface area contributed by atoms with Crippen LogP contribution in [-0.4, -0.2) is 44.1 Å². The molecule has 5 nitrogen and oxygen atoms in total. The Morgan fingerprint density at radius 3 is 2.77 bits per heavy atom. The van der Waals surface area contributed by atoms with Gasteiger partial charge in [0.25, 0.3) is 0 Å². The lowest BCUT2D eigenvalue weighted by Gasteiger charge is -2.42. The molecular formula is C21H26N4O. The molecule has 1 aliphatic rings. The van der Waals surface area contributed by atoms with Crippen LogP contribution in [0, 0.1) is 13.8 Å². The van der Waals surface area contributed by atoms with Crippen LogP contribution in [0.15, 0.2) is 42.6 Å². The number of rotatable bonds is 4. The van der Waals surface area contributed by atoms with Crippen molar-refractivity contribution in [3.8, 4) is 0 Å². The number of hydrogen-bond acceptors (Lipinski definition) is 4. The van der Waals surface area contributed by atoms with Crippen molar-refractivity contribution in [1.82, 2.24) is 19.3 Å². The number of benzene rings is 1. The molecule has 1 aromatic carbocycles. The first-order valence-corrected chi connectivity index (χ1v) is 9.31. The fourth-order valence-corrected chi connectivity index (χ4v) is 4.35. The van der Waals surface area contributed by atoms with Gasteiger partial charge in [-0.1, -0.05) is 30.3 Å². The highest BCUT2D eigenvalue weighted by Crippen LogP contribution is 2.34. The summed E-state index contributed by atoms with van der Waals surface area (Å²) < 4.78 is 2.14. The van der Waals surface area contributed by atoms with Gasteiger partial charge in [0.2, 0.25) is 5.78 Å². The first-order chi connectivity index (χ1) is 12.6. The summed E-state index contributed by atoms with van der Waals surface area (Å²) in [7, 11) is 0. The van der Waals surface area contributed by atoms with E-state index in [-0.39, 0.29) is 12.0 Å². The van der Waals surface area contributed by atoms with Crippen LogP contribution in [-0.2, 0) is 12.0 Å². The fourth-order valence-electron chi connectivity index (χ4n) is 4.35. The predicted octanol–water partition coefficient (Wildman–Crippen LogP) is 2.87. The minimum absolute atomic E-state index is 0.177. The zero-order valence-electron chi connectivity index (χ0n) is 15.5. The SMILES string of the molecule is Cc1cc(C)n2c(CN3CCCC(CO)(c4ccccc4)C3)cnc2n1. The van der Waals surface area contributed by atoms with E-state index < -0.39 is 0 Å². The highest BCUT2D eigenvalue weighted by Gasteiger charge is 2.36. The number of aliphatic hydroxyl groups excluding tert-OH is 1. The van der Waals surface area contributed by atoms with E-state index in [1.165, 1.54) is 5.56 Å². The second-order valence-corrected chi connectivity index (χ2v) is 7.54. The molecule has 5 heteroatoms. The van der Waals surface area contributed by atoms with Crippen LogP contribution in [0.5, 0.6) is 0 Å². The second-order valence-electron chi connectivity index (χ2n) is 7.54. The van der Waals surface area contributed by atoms with Gasteiger partial charge in [0.1, 0.15) is 0 Å². The zero-order chi connectivity index (χ0) is 18.1. The molecule has 3 heterocycles. The van der Waals surface area contributed by atoms with Crippen molar-refractivity contribution in [2.45, 2.75) is 38.6 Å². The minimum atomic E-state index is -0.177. The molecule has 136 valence electrons. The maximum atomic E-state index is 10.2. The molecule has 2 aromatic heterocycles. The summed E-state index contributed by atoms with van der Waals surface area (Å²) in [5, 5.41) is 10.2. The zero-order valence-corrected chi connectivity index (χ0v) is 15.5. The summed E-state index contributed by atoms with van der Waals surface area (Å²) in [5.41, 5.74) is 4.37. The van der Waals surface area contributed by atoms with Crippen LogP contribution in [0.2, 0.25) is 0 Å². The van der Waals surface area contributed by atoms with Gasteiger partial charge in [-0.05, 0) is 44.9 Å². The van der Waals surface area contributed by atoms with Crippen molar-refractivity contribution in [1.29, 1.82) is 0 Å². The van der Waals surface area contributed by atoms with Crippen molar-refractivity contribution in [2.24, 2.45) is 0 Å². The Morgan fingerprint density at radius 1 is 1.19 bits per heavy atom. The first-order valence-electron chi connectivity index (χ1n) is 9.31. The number of piperidine rings is 1. The first kappa shape index (κ1) is 17.2. The molecule has 0 saturated carbocycles. The van der Waals surface area contributed by atoms with Gasteiger partial charge in [0.05, 0.1) is 18.5 Å². The van der Waals surface area contributed by atoms with Gasteiger partial charge < -0.3 is 5.11 Å². The molecule has 0 spiro atoms. The Hall–Kier alpha value is -2.24. The van der Waals surface area contributed by atoms with E-state index in [0.29, 0.717) is 0 Å². The van der Waals surface area contributed by atoms with Crippen LogP contribution >= 0.6 is 0 Å². The van der Waals surface area contributed by atoms with Gasteiger partial charge in [-0.3, -0.25) is 9.30 Å². The van der Waals surface area contributed by atoms with Gasteiger partial charge in [-0.15, -0.1) is 0 Å². The Kier molecular flexibility index (Phi) is 4.51. The lowest BCUT2D eigenvalue weighted by atomic mass is 9.74. The third-order valence-electron chi connectivity index (χ3n) is 5.59. The van der Waals surface area contributed by atoms with Crippen molar-refractivity contribution >= 4 is 5.78 Å². The summed E-state index contributed by atoms with van der Waals surface area (Å²) in [4.78, 5) is 11.5. The molecule has 1 N–H and O–H groups in total. The molecule has 3 aromatic rings. The maximum Gasteiger partial charge on any atom is 0.234 e. The molecule has 0 aliphatic carbocycles. The monoisotopic (exact) mass is 350 g/mol. The van der Waals surface area contributed by atoms with E-state index in [0.717, 1.165) is 55.3 Å². The third-order valence-corrected chi connectivity index (χ3v) is 5.59. The smallest absolute Gasteiger partial charge is 0.234 e. The summed E-state index contributed by atoms with van der Waals surface area (Å²) in [6, 6.07) is 12.5. The number of imidazole rings is 1. The van der Waals surface area contributed by atoms with Crippen LogP contribution in [0.4, 0.5) is 0 Å². The summed E-state index contributed by atoms with van der Waals surface area (Å²) in [6.45, 7) is 7.01. The Morgan fingerprint density at radius 2 is 2.00 bits per heavy atom. The highest BCUT2D eigenvalue weighted by atomic mass is 16.3. The van der Waals surface area contributed by atoms with Crippen LogP contribution < -0.4 is 0 Å². The third kappa shape index (κ3) is 3.02. The molecule has 1 unspecified atom stereocenters. The molecule has 1 fully saturated rings. The molecular weight excluding hydrogens is 324 g/mol. The minimum Gasteiger partial charge on any atom is -0.395 e. The average Bonchev–Trinajstić information content (AvgIpc) is 3.05. The fraction of sp³-hybridized carbons (Fsp3) is 0.429. The van der Waals surface area contributed by atoms with Gasteiger partial charge >= 0.3 is 0 Å². The number of hydrogen-bond donors (Lipinski definition) is 1. The maximum absolute atomic E-state index is 10.2. The molecule has 1 aliphatic heterocycles. The summed E-state index contributed by atoms with van der Waals surface area (Å²) in [6.07, 6.45) is 4.05. The number of likely N-dealkylation sites (tertiary alicyclic amines) is 1. The predicted molar refractivity (Wildman–Crippen MR) is 102 cm³/mol. The number of aliphatic hydroxyl groups is 1. The molecule has 26 heavy (non-hydrogen) atoms. The Balaban J connectivity index is 1.61. The van der Waals surface area contributed by atoms with Crippen LogP contribution in [0.1, 0.15) is 35.5 Å².